The molecule has 0 spiro atoms. The monoisotopic (exact) mass is 373 g/mol. The highest BCUT2D eigenvalue weighted by Gasteiger charge is 2.27. The minimum atomic E-state index is -4.05. The normalized spacial score (nSPS) is 11.3. The lowest BCUT2D eigenvalue weighted by atomic mass is 10.2. The van der Waals surface area contributed by atoms with Crippen LogP contribution in [0, 0.1) is 18.6 Å². The number of hydrogen-bond acceptors (Lipinski definition) is 2. The molecule has 0 radical (unpaired) electrons. The summed E-state index contributed by atoms with van der Waals surface area (Å²) in [4.78, 5) is -0.113. The van der Waals surface area contributed by atoms with Crippen molar-refractivity contribution in [1.82, 2.24) is 0 Å². The molecule has 0 heterocycles. The highest BCUT2D eigenvalue weighted by Crippen LogP contribution is 2.28. The van der Waals surface area contributed by atoms with Crippen LogP contribution in [0.3, 0.4) is 0 Å². The molecule has 0 unspecified atom stereocenters. The highest BCUT2D eigenvalue weighted by atomic mass is 32.2. The average Bonchev–Trinajstić information content (AvgIpc) is 2.62. The van der Waals surface area contributed by atoms with E-state index in [-0.39, 0.29) is 11.4 Å². The Bertz CT molecular complexity index is 1020. The van der Waals surface area contributed by atoms with Crippen LogP contribution in [-0.2, 0) is 16.6 Å². The molecule has 3 nitrogen and oxygen atoms in total. The minimum Gasteiger partial charge on any atom is -0.262 e. The Morgan fingerprint density at radius 1 is 0.846 bits per heavy atom. The summed E-state index contributed by atoms with van der Waals surface area (Å²) in [5.74, 6) is -1.08. The highest BCUT2D eigenvalue weighted by molar-refractivity contribution is 7.92. The van der Waals surface area contributed by atoms with Crippen molar-refractivity contribution in [3.63, 3.8) is 0 Å². The van der Waals surface area contributed by atoms with Crippen LogP contribution < -0.4 is 4.31 Å². The molecule has 6 heteroatoms. The minimum absolute atomic E-state index is 0.0694. The number of halogens is 2. The predicted octanol–water partition coefficient (Wildman–Crippen LogP) is 4.67. The van der Waals surface area contributed by atoms with Gasteiger partial charge in [-0.1, -0.05) is 36.4 Å². The third-order valence-electron chi connectivity index (χ3n) is 3.98. The summed E-state index contributed by atoms with van der Waals surface area (Å²) in [6.45, 7) is 1.54. The van der Waals surface area contributed by atoms with Gasteiger partial charge in [0.15, 0.2) is 0 Å². The van der Waals surface area contributed by atoms with E-state index in [2.05, 4.69) is 0 Å². The largest absolute Gasteiger partial charge is 0.264 e. The zero-order chi connectivity index (χ0) is 18.7. The zero-order valence-electron chi connectivity index (χ0n) is 14.1. The molecule has 0 aromatic heterocycles. The first-order valence-corrected chi connectivity index (χ1v) is 9.40. The van der Waals surface area contributed by atoms with Crippen molar-refractivity contribution in [1.29, 1.82) is 0 Å². The van der Waals surface area contributed by atoms with Crippen molar-refractivity contribution >= 4 is 15.7 Å². The van der Waals surface area contributed by atoms with Crippen LogP contribution >= 0.6 is 0 Å². The number of sulfonamides is 1. The van der Waals surface area contributed by atoms with Crippen LogP contribution in [0.1, 0.15) is 11.1 Å². The van der Waals surface area contributed by atoms with Gasteiger partial charge in [0, 0.05) is 0 Å². The number of nitrogens with zero attached hydrogens (tertiary/aromatic N) is 1. The van der Waals surface area contributed by atoms with E-state index in [1.165, 1.54) is 30.3 Å². The van der Waals surface area contributed by atoms with Gasteiger partial charge in [-0.25, -0.2) is 17.2 Å². The first-order valence-electron chi connectivity index (χ1n) is 7.96. The fraction of sp³-hybridized carbons (Fsp3) is 0.100. The molecule has 0 aliphatic carbocycles. The smallest absolute Gasteiger partial charge is 0.262 e. The van der Waals surface area contributed by atoms with E-state index < -0.39 is 21.7 Å². The zero-order valence-corrected chi connectivity index (χ0v) is 14.9. The van der Waals surface area contributed by atoms with Crippen LogP contribution in [0.15, 0.2) is 77.7 Å². The third kappa shape index (κ3) is 3.75. The van der Waals surface area contributed by atoms with Gasteiger partial charge in [0.25, 0.3) is 10.0 Å². The van der Waals surface area contributed by atoms with Crippen LogP contribution in [0.5, 0.6) is 0 Å². The summed E-state index contributed by atoms with van der Waals surface area (Å²) in [7, 11) is -4.05. The molecule has 3 aromatic rings. The van der Waals surface area contributed by atoms with Crippen molar-refractivity contribution in [3.8, 4) is 0 Å². The number of hydrogen-bond donors (Lipinski definition) is 0. The number of anilines is 1. The summed E-state index contributed by atoms with van der Waals surface area (Å²) >= 11 is 0. The molecular formula is C20H17F2NO2S. The summed E-state index contributed by atoms with van der Waals surface area (Å²) < 4.78 is 54.9. The lowest BCUT2D eigenvalue weighted by Crippen LogP contribution is -2.31. The molecule has 0 N–H and O–H groups in total. The molecule has 0 saturated heterocycles. The topological polar surface area (TPSA) is 37.4 Å². The van der Waals surface area contributed by atoms with Crippen molar-refractivity contribution in [2.24, 2.45) is 0 Å². The van der Waals surface area contributed by atoms with Crippen molar-refractivity contribution < 1.29 is 17.2 Å². The van der Waals surface area contributed by atoms with Crippen molar-refractivity contribution in [2.45, 2.75) is 18.4 Å². The van der Waals surface area contributed by atoms with Crippen LogP contribution in [0.4, 0.5) is 14.5 Å². The summed E-state index contributed by atoms with van der Waals surface area (Å²) in [5, 5.41) is 0. The molecule has 26 heavy (non-hydrogen) atoms. The molecule has 0 fully saturated rings. The van der Waals surface area contributed by atoms with Gasteiger partial charge in [-0.05, 0) is 54.4 Å². The Balaban J connectivity index is 2.12. The van der Waals surface area contributed by atoms with E-state index in [0.717, 1.165) is 10.4 Å². The van der Waals surface area contributed by atoms with E-state index in [1.807, 2.05) is 0 Å². The first kappa shape index (κ1) is 18.1. The van der Waals surface area contributed by atoms with Gasteiger partial charge >= 0.3 is 0 Å². The molecule has 0 aliphatic heterocycles. The summed E-state index contributed by atoms with van der Waals surface area (Å²) in [5.41, 5.74) is 1.35. The number of para-hydroxylation sites is 1. The second-order valence-corrected chi connectivity index (χ2v) is 7.72. The SMILES string of the molecule is Cc1ccc(F)cc1S(=O)(=O)N(Cc1cccc(F)c1)c1ccccc1. The van der Waals surface area contributed by atoms with Gasteiger partial charge in [-0.15, -0.1) is 0 Å². The molecule has 0 atom stereocenters. The Morgan fingerprint density at radius 3 is 2.23 bits per heavy atom. The van der Waals surface area contributed by atoms with Gasteiger partial charge in [0.1, 0.15) is 11.6 Å². The molecule has 134 valence electrons. The second-order valence-electron chi connectivity index (χ2n) is 5.89. The van der Waals surface area contributed by atoms with Gasteiger partial charge in [0.2, 0.25) is 0 Å². The van der Waals surface area contributed by atoms with Crippen LogP contribution in [0.25, 0.3) is 0 Å². The molecule has 0 amide bonds. The molecule has 0 bridgehead atoms. The lowest BCUT2D eigenvalue weighted by Gasteiger charge is -2.25. The number of aryl methyl sites for hydroxylation is 1. The van der Waals surface area contributed by atoms with Crippen LogP contribution in [-0.4, -0.2) is 8.42 Å². The maximum Gasteiger partial charge on any atom is 0.264 e. The molecule has 0 saturated carbocycles. The Hall–Kier alpha value is -2.73. The molecule has 3 rings (SSSR count). The molecular weight excluding hydrogens is 356 g/mol. The summed E-state index contributed by atoms with van der Waals surface area (Å²) in [6.07, 6.45) is 0. The van der Waals surface area contributed by atoms with E-state index in [4.69, 9.17) is 0 Å². The van der Waals surface area contributed by atoms with Crippen molar-refractivity contribution in [3.05, 3.63) is 95.6 Å². The molecule has 3 aromatic carbocycles. The number of benzene rings is 3. The number of rotatable bonds is 5. The van der Waals surface area contributed by atoms with Gasteiger partial charge in [-0.2, -0.15) is 0 Å². The lowest BCUT2D eigenvalue weighted by molar-refractivity contribution is 0.584. The Kier molecular flexibility index (Phi) is 5.04. The van der Waals surface area contributed by atoms with Gasteiger partial charge in [-0.3, -0.25) is 4.31 Å². The quantitative estimate of drug-likeness (QED) is 0.652. The average molecular weight is 373 g/mol. The molecule has 0 aliphatic rings. The van der Waals surface area contributed by atoms with E-state index in [9.17, 15) is 17.2 Å². The van der Waals surface area contributed by atoms with E-state index in [0.29, 0.717) is 16.8 Å². The van der Waals surface area contributed by atoms with Crippen molar-refractivity contribution in [2.75, 3.05) is 4.31 Å². The third-order valence-corrected chi connectivity index (χ3v) is 5.89. The fourth-order valence-corrected chi connectivity index (χ4v) is 4.37. The van der Waals surface area contributed by atoms with Gasteiger partial charge < -0.3 is 0 Å². The maximum absolute atomic E-state index is 13.7. The Morgan fingerprint density at radius 2 is 1.54 bits per heavy atom. The van der Waals surface area contributed by atoms with E-state index >= 15 is 0 Å². The fourth-order valence-electron chi connectivity index (χ4n) is 2.68. The first-order chi connectivity index (χ1) is 12.4. The maximum atomic E-state index is 13.7. The Labute approximate surface area is 151 Å². The van der Waals surface area contributed by atoms with Crippen LogP contribution in [0.2, 0.25) is 0 Å². The second kappa shape index (κ2) is 7.25. The standard InChI is InChI=1S/C20H17F2NO2S/c1-15-10-11-18(22)13-20(15)26(24,25)23(19-8-3-2-4-9-19)14-16-6-5-7-17(21)12-16/h2-13H,14H2,1H3. The van der Waals surface area contributed by atoms with Gasteiger partial charge in [0.05, 0.1) is 17.1 Å². The summed E-state index contributed by atoms with van der Waals surface area (Å²) in [6, 6.07) is 17.9. The predicted molar refractivity (Wildman–Crippen MR) is 97.3 cm³/mol. The van der Waals surface area contributed by atoms with E-state index in [1.54, 1.807) is 43.3 Å².